The lowest BCUT2D eigenvalue weighted by Crippen LogP contribution is -2.44. The van der Waals surface area contributed by atoms with Crippen LogP contribution in [-0.2, 0) is 28.8 Å². The van der Waals surface area contributed by atoms with E-state index in [1.165, 1.54) is 22.5 Å². The molecule has 5 nitrogen and oxygen atoms in total. The highest BCUT2D eigenvalue weighted by Gasteiger charge is 2.23. The van der Waals surface area contributed by atoms with Crippen LogP contribution in [0.2, 0.25) is 4.34 Å². The van der Waals surface area contributed by atoms with Crippen molar-refractivity contribution >= 4 is 34.6 Å². The fourth-order valence-corrected chi connectivity index (χ4v) is 4.50. The quantitative estimate of drug-likeness (QED) is 0.593. The van der Waals surface area contributed by atoms with Crippen LogP contribution in [-0.4, -0.2) is 56.0 Å². The standard InChI is InChI=1S/C23H29ClN2O3S/c1-3-12-29-15-19(25-23(28)21-6-7-22(24)30-21)20(27)14-16-4-5-17-8-10-26(2)11-9-18(17)13-16/h4-7,13,19H,3,8-12,14-15H2,1-2H3,(H,25,28). The van der Waals surface area contributed by atoms with Gasteiger partial charge in [0.1, 0.15) is 6.04 Å². The maximum Gasteiger partial charge on any atom is 0.262 e. The van der Waals surface area contributed by atoms with Crippen LogP contribution in [0, 0.1) is 0 Å². The Morgan fingerprint density at radius 1 is 1.20 bits per heavy atom. The monoisotopic (exact) mass is 448 g/mol. The van der Waals surface area contributed by atoms with Gasteiger partial charge in [0.15, 0.2) is 5.78 Å². The Labute approximate surface area is 187 Å². The average Bonchev–Trinajstić information content (AvgIpc) is 3.08. The predicted octanol–water partition coefficient (Wildman–Crippen LogP) is 3.77. The van der Waals surface area contributed by atoms with E-state index in [0.29, 0.717) is 15.8 Å². The molecule has 1 atom stereocenters. The fourth-order valence-electron chi connectivity index (χ4n) is 3.55. The van der Waals surface area contributed by atoms with Crippen molar-refractivity contribution in [3.8, 4) is 0 Å². The number of amides is 1. The van der Waals surface area contributed by atoms with E-state index < -0.39 is 6.04 Å². The molecule has 0 radical (unpaired) electrons. The zero-order valence-corrected chi connectivity index (χ0v) is 19.2. The van der Waals surface area contributed by atoms with Gasteiger partial charge in [-0.1, -0.05) is 36.7 Å². The first kappa shape index (κ1) is 22.9. The lowest BCUT2D eigenvalue weighted by Gasteiger charge is -2.18. The number of likely N-dealkylation sites (N-methyl/N-ethyl adjacent to an activating group) is 1. The van der Waals surface area contributed by atoms with E-state index in [2.05, 4.69) is 29.4 Å². The minimum Gasteiger partial charge on any atom is -0.379 e. The Kier molecular flexibility index (Phi) is 8.45. The Morgan fingerprint density at radius 2 is 1.97 bits per heavy atom. The van der Waals surface area contributed by atoms with Crippen LogP contribution in [0.3, 0.4) is 0 Å². The summed E-state index contributed by atoms with van der Waals surface area (Å²) in [5.41, 5.74) is 3.67. The highest BCUT2D eigenvalue weighted by Crippen LogP contribution is 2.22. The van der Waals surface area contributed by atoms with Gasteiger partial charge in [0, 0.05) is 26.1 Å². The zero-order valence-electron chi connectivity index (χ0n) is 17.6. The Morgan fingerprint density at radius 3 is 2.67 bits per heavy atom. The lowest BCUT2D eigenvalue weighted by molar-refractivity contribution is -0.121. The largest absolute Gasteiger partial charge is 0.379 e. The first-order valence-corrected chi connectivity index (χ1v) is 11.6. The second kappa shape index (κ2) is 11.0. The number of fused-ring (bicyclic) bond motifs is 1. The topological polar surface area (TPSA) is 58.6 Å². The highest BCUT2D eigenvalue weighted by molar-refractivity contribution is 7.18. The molecular weight excluding hydrogens is 420 g/mol. The van der Waals surface area contributed by atoms with Gasteiger partial charge in [0.2, 0.25) is 0 Å². The molecule has 7 heteroatoms. The molecule has 1 aliphatic heterocycles. The number of hydrogen-bond donors (Lipinski definition) is 1. The van der Waals surface area contributed by atoms with Crippen molar-refractivity contribution in [2.24, 2.45) is 0 Å². The highest BCUT2D eigenvalue weighted by atomic mass is 35.5. The second-order valence-electron chi connectivity index (χ2n) is 7.75. The summed E-state index contributed by atoms with van der Waals surface area (Å²) in [5, 5.41) is 2.84. The van der Waals surface area contributed by atoms with E-state index in [-0.39, 0.29) is 24.7 Å². The Bertz CT molecular complexity index is 883. The molecule has 1 aliphatic rings. The van der Waals surface area contributed by atoms with Gasteiger partial charge < -0.3 is 15.0 Å². The molecule has 1 amide bonds. The number of ketones is 1. The predicted molar refractivity (Wildman–Crippen MR) is 122 cm³/mol. The Balaban J connectivity index is 1.68. The van der Waals surface area contributed by atoms with Crippen LogP contribution >= 0.6 is 22.9 Å². The number of carbonyl (C=O) groups excluding carboxylic acids is 2. The molecule has 0 aliphatic carbocycles. The van der Waals surface area contributed by atoms with Gasteiger partial charge in [0.05, 0.1) is 15.8 Å². The molecule has 1 N–H and O–H groups in total. The third kappa shape index (κ3) is 6.38. The van der Waals surface area contributed by atoms with E-state index >= 15 is 0 Å². The number of ether oxygens (including phenoxy) is 1. The van der Waals surface area contributed by atoms with Crippen molar-refractivity contribution in [2.45, 2.75) is 38.6 Å². The molecule has 1 unspecified atom stereocenters. The Hall–Kier alpha value is -1.73. The third-order valence-electron chi connectivity index (χ3n) is 5.30. The van der Waals surface area contributed by atoms with Crippen LogP contribution in [0.1, 0.15) is 39.7 Å². The second-order valence-corrected chi connectivity index (χ2v) is 9.47. The number of nitrogens with one attached hydrogen (secondary N) is 1. The normalized spacial score (nSPS) is 15.3. The number of Topliss-reactive ketones (excluding diaryl/α,β-unsaturated/α-hetero) is 1. The average molecular weight is 449 g/mol. The van der Waals surface area contributed by atoms with Crippen LogP contribution in [0.4, 0.5) is 0 Å². The molecular formula is C23H29ClN2O3S. The summed E-state index contributed by atoms with van der Waals surface area (Å²) in [5.74, 6) is -0.344. The van der Waals surface area contributed by atoms with E-state index in [4.69, 9.17) is 16.3 Å². The van der Waals surface area contributed by atoms with Crippen LogP contribution in [0.25, 0.3) is 0 Å². The first-order valence-electron chi connectivity index (χ1n) is 10.4. The molecule has 0 spiro atoms. The fraction of sp³-hybridized carbons (Fsp3) is 0.478. The molecule has 30 heavy (non-hydrogen) atoms. The smallest absolute Gasteiger partial charge is 0.262 e. The van der Waals surface area contributed by atoms with Gasteiger partial charge in [-0.05, 0) is 55.1 Å². The molecule has 1 aromatic heterocycles. The SMILES string of the molecule is CCCOCC(NC(=O)c1ccc(Cl)s1)C(=O)Cc1ccc2c(c1)CCN(C)CC2. The molecule has 0 saturated carbocycles. The van der Waals surface area contributed by atoms with Crippen LogP contribution in [0.15, 0.2) is 30.3 Å². The van der Waals surface area contributed by atoms with Crippen molar-refractivity contribution in [3.63, 3.8) is 0 Å². The first-order chi connectivity index (χ1) is 14.5. The van der Waals surface area contributed by atoms with Gasteiger partial charge in [0.25, 0.3) is 5.91 Å². The molecule has 1 aromatic carbocycles. The summed E-state index contributed by atoms with van der Waals surface area (Å²) in [4.78, 5) is 28.4. The van der Waals surface area contributed by atoms with E-state index in [1.54, 1.807) is 12.1 Å². The maximum absolute atomic E-state index is 13.0. The number of hydrogen-bond acceptors (Lipinski definition) is 5. The third-order valence-corrected chi connectivity index (χ3v) is 6.53. The van der Waals surface area contributed by atoms with Crippen molar-refractivity contribution in [2.75, 3.05) is 33.4 Å². The molecule has 3 rings (SSSR count). The van der Waals surface area contributed by atoms with Gasteiger partial charge >= 0.3 is 0 Å². The van der Waals surface area contributed by atoms with E-state index in [9.17, 15) is 9.59 Å². The van der Waals surface area contributed by atoms with E-state index in [0.717, 1.165) is 37.9 Å². The van der Waals surface area contributed by atoms with Crippen molar-refractivity contribution in [1.82, 2.24) is 10.2 Å². The van der Waals surface area contributed by atoms with Crippen molar-refractivity contribution in [3.05, 3.63) is 56.2 Å². The molecule has 162 valence electrons. The van der Waals surface area contributed by atoms with Gasteiger partial charge in [-0.2, -0.15) is 0 Å². The summed E-state index contributed by atoms with van der Waals surface area (Å²) in [7, 11) is 2.14. The number of halogens is 1. The molecule has 2 aromatic rings. The van der Waals surface area contributed by atoms with Gasteiger partial charge in [-0.25, -0.2) is 0 Å². The van der Waals surface area contributed by atoms with Gasteiger partial charge in [-0.15, -0.1) is 11.3 Å². The molecule has 0 bridgehead atoms. The summed E-state index contributed by atoms with van der Waals surface area (Å²) in [6, 6.07) is 8.99. The number of nitrogens with zero attached hydrogens (tertiary/aromatic N) is 1. The number of rotatable bonds is 9. The molecule has 0 saturated heterocycles. The minimum atomic E-state index is -0.685. The summed E-state index contributed by atoms with van der Waals surface area (Å²) >= 11 is 7.13. The number of benzene rings is 1. The van der Waals surface area contributed by atoms with Crippen molar-refractivity contribution in [1.29, 1.82) is 0 Å². The summed E-state index contributed by atoms with van der Waals surface area (Å²) in [6.45, 7) is 4.82. The maximum atomic E-state index is 13.0. The molecule has 2 heterocycles. The van der Waals surface area contributed by atoms with Gasteiger partial charge in [-0.3, -0.25) is 9.59 Å². The summed E-state index contributed by atoms with van der Waals surface area (Å²) in [6.07, 6.45) is 3.16. The zero-order chi connectivity index (χ0) is 21.5. The summed E-state index contributed by atoms with van der Waals surface area (Å²) < 4.78 is 6.14. The van der Waals surface area contributed by atoms with E-state index in [1.807, 2.05) is 13.0 Å². The minimum absolute atomic E-state index is 0.0483. The van der Waals surface area contributed by atoms with Crippen LogP contribution < -0.4 is 5.32 Å². The number of carbonyl (C=O) groups is 2. The molecule has 0 fully saturated rings. The van der Waals surface area contributed by atoms with Crippen molar-refractivity contribution < 1.29 is 14.3 Å². The lowest BCUT2D eigenvalue weighted by atomic mass is 9.96. The van der Waals surface area contributed by atoms with Crippen LogP contribution in [0.5, 0.6) is 0 Å². The number of thiophene rings is 1.